The van der Waals surface area contributed by atoms with Gasteiger partial charge in [-0.25, -0.2) is 4.98 Å². The minimum Gasteiger partial charge on any atom is -0.481 e. The van der Waals surface area contributed by atoms with Crippen LogP contribution in [0.3, 0.4) is 0 Å². The van der Waals surface area contributed by atoms with Gasteiger partial charge in [-0.1, -0.05) is 46.3 Å². The SMILES string of the molecule is [2H]C(Sc1nc(Cl)sc1Cl)C(=O)O. The minimum atomic E-state index is -1.32. The minimum absolute atomic E-state index is 0.241. The third-order valence-corrected chi connectivity index (χ3v) is 3.24. The van der Waals surface area contributed by atoms with Gasteiger partial charge in [0.25, 0.3) is 0 Å². The monoisotopic (exact) mass is 244 g/mol. The lowest BCUT2D eigenvalue weighted by atomic mass is 10.8. The number of carbonyl (C=O) groups is 1. The molecule has 0 aliphatic rings. The molecule has 66 valence electrons. The number of aliphatic carboxylic acids is 1. The summed E-state index contributed by atoms with van der Waals surface area (Å²) in [6.07, 6.45) is 0. The van der Waals surface area contributed by atoms with Crippen molar-refractivity contribution in [3.05, 3.63) is 8.80 Å². The van der Waals surface area contributed by atoms with E-state index in [0.29, 0.717) is 9.36 Å². The molecule has 1 N–H and O–H groups in total. The van der Waals surface area contributed by atoms with Crippen molar-refractivity contribution >= 4 is 52.3 Å². The quantitative estimate of drug-likeness (QED) is 0.831. The number of thiazole rings is 1. The number of nitrogens with zero attached hydrogens (tertiary/aromatic N) is 1. The van der Waals surface area contributed by atoms with Crippen LogP contribution < -0.4 is 0 Å². The number of aromatic nitrogens is 1. The molecule has 0 aliphatic heterocycles. The van der Waals surface area contributed by atoms with E-state index in [-0.39, 0.29) is 4.47 Å². The van der Waals surface area contributed by atoms with Crippen molar-refractivity contribution in [2.24, 2.45) is 0 Å². The van der Waals surface area contributed by atoms with Gasteiger partial charge in [-0.15, -0.1) is 0 Å². The van der Waals surface area contributed by atoms with E-state index in [2.05, 4.69) is 4.98 Å². The van der Waals surface area contributed by atoms with E-state index in [1.807, 2.05) is 0 Å². The molecule has 7 heteroatoms. The maximum atomic E-state index is 10.3. The largest absolute Gasteiger partial charge is 0.481 e. The van der Waals surface area contributed by atoms with Crippen LogP contribution in [-0.4, -0.2) is 21.8 Å². The van der Waals surface area contributed by atoms with Crippen LogP contribution in [0.1, 0.15) is 1.37 Å². The highest BCUT2D eigenvalue weighted by Crippen LogP contribution is 2.33. The summed E-state index contributed by atoms with van der Waals surface area (Å²) in [5.41, 5.74) is -1.32. The van der Waals surface area contributed by atoms with Crippen molar-refractivity contribution in [2.75, 3.05) is 5.73 Å². The molecule has 0 saturated carbocycles. The van der Waals surface area contributed by atoms with Crippen LogP contribution in [0.25, 0.3) is 0 Å². The van der Waals surface area contributed by atoms with Crippen molar-refractivity contribution in [1.82, 2.24) is 4.98 Å². The molecular weight excluding hydrogens is 241 g/mol. The second-order valence-corrected chi connectivity index (χ2v) is 4.66. The normalized spacial score (nSPS) is 14.0. The van der Waals surface area contributed by atoms with Gasteiger partial charge in [-0.05, 0) is 0 Å². The summed E-state index contributed by atoms with van der Waals surface area (Å²) in [7, 11) is 0. The zero-order chi connectivity index (χ0) is 10.0. The molecule has 1 unspecified atom stereocenters. The summed E-state index contributed by atoms with van der Waals surface area (Å²) in [5, 5.41) is 8.72. The fourth-order valence-electron chi connectivity index (χ4n) is 0.443. The summed E-state index contributed by atoms with van der Waals surface area (Å²) in [5.74, 6) is -1.23. The standard InChI is InChI=1S/C5H3Cl2NO2S2/c6-3-4(8-5(7)12-3)11-1-2(9)10/h1H2,(H,9,10)/i1D. The van der Waals surface area contributed by atoms with Crippen molar-refractivity contribution in [3.63, 3.8) is 0 Å². The van der Waals surface area contributed by atoms with Gasteiger partial charge in [-0.2, -0.15) is 0 Å². The van der Waals surface area contributed by atoms with E-state index in [9.17, 15) is 4.79 Å². The molecule has 0 radical (unpaired) electrons. The number of hydrogen-bond acceptors (Lipinski definition) is 4. The van der Waals surface area contributed by atoms with Crippen LogP contribution in [0.5, 0.6) is 0 Å². The van der Waals surface area contributed by atoms with Crippen LogP contribution in [0.15, 0.2) is 5.03 Å². The summed E-state index contributed by atoms with van der Waals surface area (Å²) in [6.45, 7) is 0. The average Bonchev–Trinajstić information content (AvgIpc) is 2.30. The van der Waals surface area contributed by atoms with Crippen molar-refractivity contribution in [1.29, 1.82) is 0 Å². The second-order valence-electron chi connectivity index (χ2n) is 1.62. The number of rotatable bonds is 3. The molecule has 0 fully saturated rings. The zero-order valence-corrected chi connectivity index (χ0v) is 8.60. The fourth-order valence-corrected chi connectivity index (χ4v) is 2.52. The average molecular weight is 245 g/mol. The highest BCUT2D eigenvalue weighted by molar-refractivity contribution is 8.00. The van der Waals surface area contributed by atoms with Gasteiger partial charge in [-0.3, -0.25) is 4.79 Å². The van der Waals surface area contributed by atoms with Crippen molar-refractivity contribution in [3.8, 4) is 0 Å². The Morgan fingerprint density at radius 3 is 2.92 bits per heavy atom. The molecule has 1 aromatic rings. The predicted molar refractivity (Wildman–Crippen MR) is 50.5 cm³/mol. The Balaban J connectivity index is 2.74. The van der Waals surface area contributed by atoms with Crippen LogP contribution in [0, 0.1) is 0 Å². The summed E-state index contributed by atoms with van der Waals surface area (Å²) < 4.78 is 7.65. The molecule has 1 rings (SSSR count). The molecule has 0 aliphatic carbocycles. The molecule has 0 amide bonds. The molecule has 0 bridgehead atoms. The Morgan fingerprint density at radius 1 is 1.83 bits per heavy atom. The first-order chi connectivity index (χ1) is 6.00. The van der Waals surface area contributed by atoms with Crippen LogP contribution in [-0.2, 0) is 4.79 Å². The molecule has 1 aromatic heterocycles. The number of halogens is 2. The Morgan fingerprint density at radius 2 is 2.50 bits per heavy atom. The first-order valence-corrected chi connectivity index (χ1v) is 5.09. The van der Waals surface area contributed by atoms with E-state index in [1.165, 1.54) is 0 Å². The van der Waals surface area contributed by atoms with Gasteiger partial charge >= 0.3 is 5.97 Å². The van der Waals surface area contributed by atoms with Crippen LogP contribution >= 0.6 is 46.3 Å². The summed E-state index contributed by atoms with van der Waals surface area (Å²) in [6, 6.07) is 0. The van der Waals surface area contributed by atoms with Gasteiger partial charge < -0.3 is 5.11 Å². The Kier molecular flexibility index (Phi) is 3.10. The van der Waals surface area contributed by atoms with Gasteiger partial charge in [0.15, 0.2) is 4.47 Å². The summed E-state index contributed by atoms with van der Waals surface area (Å²) >= 11 is 13.0. The highest BCUT2D eigenvalue weighted by atomic mass is 35.5. The lowest BCUT2D eigenvalue weighted by Gasteiger charge is -1.91. The van der Waals surface area contributed by atoms with Crippen LogP contribution in [0.4, 0.5) is 0 Å². The van der Waals surface area contributed by atoms with Gasteiger partial charge in [0.2, 0.25) is 0 Å². The lowest BCUT2D eigenvalue weighted by Crippen LogP contribution is -1.97. The smallest absolute Gasteiger partial charge is 0.313 e. The van der Waals surface area contributed by atoms with Crippen molar-refractivity contribution in [2.45, 2.75) is 5.03 Å². The first-order valence-electron chi connectivity index (χ1n) is 3.22. The number of hydrogen-bond donors (Lipinski definition) is 1. The molecule has 1 atom stereocenters. The molecule has 12 heavy (non-hydrogen) atoms. The topological polar surface area (TPSA) is 50.2 Å². The first kappa shape index (κ1) is 8.62. The molecular formula is C5H3Cl2NO2S2. The second kappa shape index (κ2) is 4.32. The van der Waals surface area contributed by atoms with Crippen molar-refractivity contribution < 1.29 is 11.3 Å². The highest BCUT2D eigenvalue weighted by Gasteiger charge is 2.09. The maximum absolute atomic E-state index is 10.3. The molecule has 0 spiro atoms. The molecule has 0 saturated heterocycles. The van der Waals surface area contributed by atoms with Gasteiger partial charge in [0, 0.05) is 0 Å². The number of thioether (sulfide) groups is 1. The van der Waals surface area contributed by atoms with E-state index < -0.39 is 11.7 Å². The lowest BCUT2D eigenvalue weighted by molar-refractivity contribution is -0.133. The molecule has 0 aromatic carbocycles. The fraction of sp³-hybridized carbons (Fsp3) is 0.200. The Labute approximate surface area is 88.1 Å². The Hall–Kier alpha value is 0.0300. The summed E-state index contributed by atoms with van der Waals surface area (Å²) in [4.78, 5) is 14.1. The molecule has 1 heterocycles. The molecule has 3 nitrogen and oxygen atoms in total. The third-order valence-electron chi connectivity index (χ3n) is 0.803. The van der Waals surface area contributed by atoms with E-state index in [4.69, 9.17) is 29.7 Å². The number of carboxylic acids is 1. The third kappa shape index (κ3) is 2.82. The zero-order valence-electron chi connectivity index (χ0n) is 6.45. The van der Waals surface area contributed by atoms with Crippen LogP contribution in [0.2, 0.25) is 8.80 Å². The van der Waals surface area contributed by atoms with Gasteiger partial charge in [0.1, 0.15) is 9.36 Å². The Bertz CT molecular complexity index is 332. The van der Waals surface area contributed by atoms with E-state index in [1.54, 1.807) is 0 Å². The van der Waals surface area contributed by atoms with E-state index in [0.717, 1.165) is 23.1 Å². The van der Waals surface area contributed by atoms with E-state index >= 15 is 0 Å². The maximum Gasteiger partial charge on any atom is 0.313 e. The number of carboxylic acid groups (broad SMARTS) is 1. The van der Waals surface area contributed by atoms with Gasteiger partial charge in [0.05, 0.1) is 7.10 Å². The predicted octanol–water partition coefficient (Wildman–Crippen LogP) is 2.63.